The Labute approximate surface area is 120 Å². The highest BCUT2D eigenvalue weighted by Gasteiger charge is 2.28. The fraction of sp³-hybridized carbons (Fsp3) is 0.667. The minimum absolute atomic E-state index is 1.02. The first-order valence-corrected chi connectivity index (χ1v) is 6.08. The van der Waals surface area contributed by atoms with E-state index in [1.54, 1.807) is 0 Å². The summed E-state index contributed by atoms with van der Waals surface area (Å²) in [6, 6.07) is 0. The quantitative estimate of drug-likeness (QED) is 0.459. The number of hydrogen-bond acceptors (Lipinski definition) is 8. The van der Waals surface area contributed by atoms with Crippen molar-refractivity contribution >= 4 is 23.9 Å². The van der Waals surface area contributed by atoms with Crippen LogP contribution in [0.4, 0.5) is 0 Å². The Hall–Kier alpha value is -2.16. The molecule has 0 aromatic heterocycles. The molecule has 120 valence electrons. The van der Waals surface area contributed by atoms with Crippen molar-refractivity contribution in [1.82, 2.24) is 0 Å². The number of aliphatic hydroxyl groups excluding tert-OH is 1. The van der Waals surface area contributed by atoms with Gasteiger partial charge in [0.15, 0.2) is 18.3 Å². The lowest BCUT2D eigenvalue weighted by molar-refractivity contribution is -0.182. The number of aliphatic carboxylic acids is 1. The van der Waals surface area contributed by atoms with E-state index in [0.717, 1.165) is 13.8 Å². The Morgan fingerprint density at radius 3 is 1.38 bits per heavy atom. The van der Waals surface area contributed by atoms with Crippen molar-refractivity contribution in [3.05, 3.63) is 0 Å². The number of hydrogen-bond donors (Lipinski definition) is 2. The van der Waals surface area contributed by atoms with Gasteiger partial charge in [-0.3, -0.25) is 0 Å². The van der Waals surface area contributed by atoms with Crippen molar-refractivity contribution in [3.8, 4) is 0 Å². The van der Waals surface area contributed by atoms with Crippen LogP contribution in [0.5, 0.6) is 0 Å². The van der Waals surface area contributed by atoms with Gasteiger partial charge in [-0.15, -0.1) is 0 Å². The molecule has 0 saturated carbocycles. The monoisotopic (exact) mass is 306 g/mol. The summed E-state index contributed by atoms with van der Waals surface area (Å²) in [7, 11) is 0. The molecule has 0 aliphatic carbocycles. The lowest BCUT2D eigenvalue weighted by Crippen LogP contribution is -2.36. The molecule has 9 heteroatoms. The smallest absolute Gasteiger partial charge is 0.347 e. The maximum Gasteiger partial charge on any atom is 0.347 e. The molecule has 9 nitrogen and oxygen atoms in total. The average molecular weight is 306 g/mol. The molecular weight excluding hydrogens is 288 g/mol. The topological polar surface area (TPSA) is 136 Å². The Bertz CT molecular complexity index is 415. The van der Waals surface area contributed by atoms with Gasteiger partial charge in [0.1, 0.15) is 6.10 Å². The molecule has 21 heavy (non-hydrogen) atoms. The summed E-state index contributed by atoms with van der Waals surface area (Å²) in [6.07, 6.45) is -5.49. The zero-order chi connectivity index (χ0) is 16.7. The van der Waals surface area contributed by atoms with Gasteiger partial charge in [0.25, 0.3) is 0 Å². The highest BCUT2D eigenvalue weighted by Crippen LogP contribution is 2.04. The number of carboxylic acid groups (broad SMARTS) is 1. The minimum Gasteiger partial charge on any atom is -0.479 e. The van der Waals surface area contributed by atoms with E-state index in [4.69, 9.17) is 10.2 Å². The first-order valence-electron chi connectivity index (χ1n) is 6.08. The zero-order valence-corrected chi connectivity index (χ0v) is 12.1. The average Bonchev–Trinajstić information content (AvgIpc) is 2.37. The van der Waals surface area contributed by atoms with Gasteiger partial charge in [-0.25, -0.2) is 19.2 Å². The third-order valence-electron chi connectivity index (χ3n) is 2.23. The van der Waals surface area contributed by atoms with Crippen molar-refractivity contribution in [3.63, 3.8) is 0 Å². The van der Waals surface area contributed by atoms with E-state index >= 15 is 0 Å². The first kappa shape index (κ1) is 18.8. The second kappa shape index (κ2) is 8.20. The molecule has 0 bridgehead atoms. The van der Waals surface area contributed by atoms with Gasteiger partial charge >= 0.3 is 23.9 Å². The zero-order valence-electron chi connectivity index (χ0n) is 12.1. The minimum atomic E-state index is -1.40. The molecule has 0 rings (SSSR count). The van der Waals surface area contributed by atoms with Gasteiger partial charge in [0.05, 0.1) is 0 Å². The fourth-order valence-electron chi connectivity index (χ4n) is 0.959. The molecule has 0 amide bonds. The van der Waals surface area contributed by atoms with Gasteiger partial charge in [0, 0.05) is 0 Å². The summed E-state index contributed by atoms with van der Waals surface area (Å²) in [5.41, 5.74) is 0. The molecule has 0 aromatic rings. The van der Waals surface area contributed by atoms with Crippen LogP contribution in [-0.2, 0) is 33.4 Å². The molecule has 0 aliphatic heterocycles. The number of ether oxygens (including phenoxy) is 3. The lowest BCUT2D eigenvalue weighted by atomic mass is 10.3. The van der Waals surface area contributed by atoms with Crippen LogP contribution >= 0.6 is 0 Å². The summed E-state index contributed by atoms with van der Waals surface area (Å²) < 4.78 is 13.7. The molecule has 0 aliphatic rings. The van der Waals surface area contributed by atoms with Crippen molar-refractivity contribution in [2.24, 2.45) is 0 Å². The van der Waals surface area contributed by atoms with E-state index in [1.165, 1.54) is 13.8 Å². The van der Waals surface area contributed by atoms with Crippen molar-refractivity contribution in [2.75, 3.05) is 0 Å². The predicted octanol–water partition coefficient (Wildman–Crippen LogP) is -0.753. The van der Waals surface area contributed by atoms with Gasteiger partial charge < -0.3 is 24.4 Å². The summed E-state index contributed by atoms with van der Waals surface area (Å²) >= 11 is 0. The van der Waals surface area contributed by atoms with Crippen molar-refractivity contribution in [1.29, 1.82) is 0 Å². The molecular formula is C12H18O9. The summed E-state index contributed by atoms with van der Waals surface area (Å²) in [5.74, 6) is -4.45. The van der Waals surface area contributed by atoms with E-state index in [-0.39, 0.29) is 0 Å². The molecule has 0 fully saturated rings. The summed E-state index contributed by atoms with van der Waals surface area (Å²) in [4.78, 5) is 44.5. The van der Waals surface area contributed by atoms with Crippen LogP contribution in [0, 0.1) is 0 Å². The third-order valence-corrected chi connectivity index (χ3v) is 2.23. The number of aliphatic hydroxyl groups is 1. The maximum absolute atomic E-state index is 11.5. The SMILES string of the molecule is C[C@H](O)C(=O)O[C@@H](C)C(=O)O[C@@H](C)C(=O)O[C@@H](C)C(=O)O. The molecule has 0 unspecified atom stereocenters. The van der Waals surface area contributed by atoms with Crippen molar-refractivity contribution < 1.29 is 43.6 Å². The fourth-order valence-corrected chi connectivity index (χ4v) is 0.959. The second-order valence-corrected chi connectivity index (χ2v) is 4.25. The maximum atomic E-state index is 11.5. The van der Waals surface area contributed by atoms with Gasteiger partial charge in [0.2, 0.25) is 0 Å². The van der Waals surface area contributed by atoms with Crippen LogP contribution in [0.15, 0.2) is 0 Å². The van der Waals surface area contributed by atoms with Crippen LogP contribution in [0.2, 0.25) is 0 Å². The Morgan fingerprint density at radius 2 is 1.05 bits per heavy atom. The van der Waals surface area contributed by atoms with Crippen LogP contribution in [-0.4, -0.2) is 58.5 Å². The largest absolute Gasteiger partial charge is 0.479 e. The predicted molar refractivity (Wildman–Crippen MR) is 66.0 cm³/mol. The van der Waals surface area contributed by atoms with Gasteiger partial charge in [-0.1, -0.05) is 0 Å². The van der Waals surface area contributed by atoms with Crippen LogP contribution < -0.4 is 0 Å². The third kappa shape index (κ3) is 6.70. The number of carboxylic acids is 1. The van der Waals surface area contributed by atoms with Gasteiger partial charge in [-0.2, -0.15) is 0 Å². The Balaban J connectivity index is 4.40. The molecule has 0 spiro atoms. The molecule has 2 N–H and O–H groups in total. The standard InChI is InChI=1S/C12H18O9/c1-5(13)10(16)20-7(3)12(18)21-8(4)11(17)19-6(2)9(14)15/h5-8,13H,1-4H3,(H,14,15)/t5-,6-,7-,8-/m0/s1. The van der Waals surface area contributed by atoms with Crippen LogP contribution in [0.25, 0.3) is 0 Å². The second-order valence-electron chi connectivity index (χ2n) is 4.25. The van der Waals surface area contributed by atoms with E-state index in [2.05, 4.69) is 14.2 Å². The highest BCUT2D eigenvalue weighted by molar-refractivity contribution is 5.84. The molecule has 4 atom stereocenters. The summed E-state index contributed by atoms with van der Waals surface area (Å²) in [5, 5.41) is 17.5. The van der Waals surface area contributed by atoms with Gasteiger partial charge in [-0.05, 0) is 27.7 Å². The van der Waals surface area contributed by atoms with E-state index in [0.29, 0.717) is 0 Å². The Kier molecular flexibility index (Phi) is 7.36. The van der Waals surface area contributed by atoms with E-state index in [9.17, 15) is 19.2 Å². The molecule has 0 radical (unpaired) electrons. The van der Waals surface area contributed by atoms with E-state index in [1.807, 2.05) is 0 Å². The number of carbonyl (C=O) groups is 4. The number of carbonyl (C=O) groups excluding carboxylic acids is 3. The highest BCUT2D eigenvalue weighted by atomic mass is 16.6. The Morgan fingerprint density at radius 1 is 0.714 bits per heavy atom. The van der Waals surface area contributed by atoms with E-state index < -0.39 is 48.3 Å². The molecule has 0 aromatic carbocycles. The van der Waals surface area contributed by atoms with Crippen LogP contribution in [0.3, 0.4) is 0 Å². The lowest BCUT2D eigenvalue weighted by Gasteiger charge is -2.18. The molecule has 0 heterocycles. The van der Waals surface area contributed by atoms with Crippen LogP contribution in [0.1, 0.15) is 27.7 Å². The number of rotatable bonds is 7. The van der Waals surface area contributed by atoms with Crippen molar-refractivity contribution in [2.45, 2.75) is 52.1 Å². The normalized spacial score (nSPS) is 16.0. The summed E-state index contributed by atoms with van der Waals surface area (Å²) in [6.45, 7) is 4.67. The molecule has 0 saturated heterocycles. The first-order chi connectivity index (χ1) is 9.56. The number of esters is 3.